The first-order valence-electron chi connectivity index (χ1n) is 7.12. The van der Waals surface area contributed by atoms with Crippen LogP contribution in [0.25, 0.3) is 5.69 Å². The fourth-order valence-corrected chi connectivity index (χ4v) is 2.07. The third-order valence-electron chi connectivity index (χ3n) is 3.22. The first-order valence-corrected chi connectivity index (χ1v) is 7.12. The molecule has 1 aromatic heterocycles. The molecule has 1 heterocycles. The Morgan fingerprint density at radius 1 is 1.38 bits per heavy atom. The Labute approximate surface area is 136 Å². The van der Waals surface area contributed by atoms with E-state index in [1.165, 1.54) is 7.05 Å². The van der Waals surface area contributed by atoms with Gasteiger partial charge in [0.1, 0.15) is 5.69 Å². The number of carbonyl (C=O) groups is 1. The van der Waals surface area contributed by atoms with Crippen LogP contribution in [0, 0.1) is 0 Å². The summed E-state index contributed by atoms with van der Waals surface area (Å²) >= 11 is 0. The van der Waals surface area contributed by atoms with E-state index in [-0.39, 0.29) is 5.69 Å². The average molecular weight is 340 g/mol. The van der Waals surface area contributed by atoms with Gasteiger partial charge in [-0.15, -0.1) is 0 Å². The Morgan fingerprint density at radius 3 is 2.67 bits per heavy atom. The highest BCUT2D eigenvalue weighted by atomic mass is 19.4. The smallest absolute Gasteiger partial charge is 0.435 e. The van der Waals surface area contributed by atoms with Gasteiger partial charge in [-0.2, -0.15) is 18.3 Å². The highest BCUT2D eigenvalue weighted by Gasteiger charge is 2.36. The van der Waals surface area contributed by atoms with Crippen molar-refractivity contribution in [1.82, 2.24) is 20.3 Å². The van der Waals surface area contributed by atoms with Gasteiger partial charge < -0.3 is 15.6 Å². The van der Waals surface area contributed by atoms with Gasteiger partial charge in [0.15, 0.2) is 5.69 Å². The molecular weight excluding hydrogens is 324 g/mol. The molecule has 2 rings (SSSR count). The normalized spacial score (nSPS) is 11.4. The zero-order valence-corrected chi connectivity index (χ0v) is 13.1. The molecular formula is C14H16BF3N4O2. The molecule has 2 aromatic rings. The fraction of sp³-hybridized carbons (Fsp3) is 0.286. The van der Waals surface area contributed by atoms with Crippen molar-refractivity contribution in [2.45, 2.75) is 19.5 Å². The zero-order valence-electron chi connectivity index (χ0n) is 13.1. The molecule has 24 heavy (non-hydrogen) atoms. The maximum absolute atomic E-state index is 12.9. The summed E-state index contributed by atoms with van der Waals surface area (Å²) in [6.45, 7) is 1.87. The van der Waals surface area contributed by atoms with Gasteiger partial charge in [-0.05, 0) is 24.5 Å². The summed E-state index contributed by atoms with van der Waals surface area (Å²) < 4.78 is 39.7. The predicted octanol–water partition coefficient (Wildman–Crippen LogP) is 1.45. The van der Waals surface area contributed by atoms with Gasteiger partial charge in [-0.3, -0.25) is 4.79 Å². The van der Waals surface area contributed by atoms with Gasteiger partial charge in [0.05, 0.1) is 5.69 Å². The van der Waals surface area contributed by atoms with Crippen LogP contribution in [0.4, 0.5) is 13.2 Å². The van der Waals surface area contributed by atoms with E-state index in [0.29, 0.717) is 18.3 Å². The van der Waals surface area contributed by atoms with Crippen LogP contribution in [0.15, 0.2) is 30.3 Å². The van der Waals surface area contributed by atoms with Gasteiger partial charge >= 0.3 is 13.2 Å². The number of halogens is 3. The van der Waals surface area contributed by atoms with E-state index in [2.05, 4.69) is 15.6 Å². The van der Waals surface area contributed by atoms with E-state index in [4.69, 9.17) is 0 Å². The van der Waals surface area contributed by atoms with Crippen molar-refractivity contribution < 1.29 is 23.0 Å². The summed E-state index contributed by atoms with van der Waals surface area (Å²) in [6, 6.07) is 7.23. The SMILES string of the molecule is CNC(=O)c1cc(C(F)(F)F)nn1-c1cccc(CNB(C)O)c1. The number of hydrogen-bond donors (Lipinski definition) is 3. The second-order valence-electron chi connectivity index (χ2n) is 5.13. The highest BCUT2D eigenvalue weighted by molar-refractivity contribution is 6.45. The maximum Gasteiger partial charge on any atom is 0.435 e. The standard InChI is InChI=1S/C14H16BF3N4O2/c1-15(24)20-8-9-4-3-5-10(6-9)22-11(13(23)19-2)7-12(21-22)14(16,17)18/h3-7,20,24H,8H2,1-2H3,(H,19,23). The monoisotopic (exact) mass is 340 g/mol. The predicted molar refractivity (Wildman–Crippen MR) is 82.6 cm³/mol. The Morgan fingerprint density at radius 2 is 2.08 bits per heavy atom. The number of nitrogens with one attached hydrogen (secondary N) is 2. The van der Waals surface area contributed by atoms with Crippen molar-refractivity contribution in [2.24, 2.45) is 0 Å². The van der Waals surface area contributed by atoms with E-state index in [1.807, 2.05) is 0 Å². The molecule has 0 saturated heterocycles. The molecule has 3 N–H and O–H groups in total. The van der Waals surface area contributed by atoms with Crippen LogP contribution in [0.5, 0.6) is 0 Å². The lowest BCUT2D eigenvalue weighted by Gasteiger charge is -2.09. The second kappa shape index (κ2) is 7.06. The van der Waals surface area contributed by atoms with Crippen LogP contribution in [0.2, 0.25) is 6.82 Å². The van der Waals surface area contributed by atoms with Gasteiger partial charge in [0.2, 0.25) is 0 Å². The minimum Gasteiger partial charge on any atom is -0.437 e. The zero-order chi connectivity index (χ0) is 17.9. The maximum atomic E-state index is 12.9. The van der Waals surface area contributed by atoms with E-state index < -0.39 is 24.8 Å². The number of amides is 1. The summed E-state index contributed by atoms with van der Waals surface area (Å²) in [6.07, 6.45) is -4.65. The van der Waals surface area contributed by atoms with Gasteiger partial charge in [0, 0.05) is 19.7 Å². The lowest BCUT2D eigenvalue weighted by atomic mass is 9.88. The number of alkyl halides is 3. The first kappa shape index (κ1) is 18.0. The van der Waals surface area contributed by atoms with E-state index in [0.717, 1.165) is 10.2 Å². The average Bonchev–Trinajstić information content (AvgIpc) is 2.98. The van der Waals surface area contributed by atoms with Crippen molar-refractivity contribution in [2.75, 3.05) is 7.05 Å². The minimum absolute atomic E-state index is 0.217. The number of benzene rings is 1. The topological polar surface area (TPSA) is 79.2 Å². The van der Waals surface area contributed by atoms with Crippen molar-refractivity contribution in [3.8, 4) is 5.69 Å². The van der Waals surface area contributed by atoms with Gasteiger partial charge in [0.25, 0.3) is 5.91 Å². The molecule has 0 aliphatic rings. The molecule has 1 amide bonds. The molecule has 0 atom stereocenters. The van der Waals surface area contributed by atoms with Crippen LogP contribution in [0.1, 0.15) is 21.7 Å². The Kier molecular flexibility index (Phi) is 5.30. The number of hydrogen-bond acceptors (Lipinski definition) is 4. The number of aromatic nitrogens is 2. The van der Waals surface area contributed by atoms with Gasteiger partial charge in [-0.1, -0.05) is 12.1 Å². The molecule has 0 spiro atoms. The third kappa shape index (κ3) is 4.15. The first-order chi connectivity index (χ1) is 11.2. The highest BCUT2D eigenvalue weighted by Crippen LogP contribution is 2.29. The molecule has 128 valence electrons. The van der Waals surface area contributed by atoms with Crippen LogP contribution >= 0.6 is 0 Å². The summed E-state index contributed by atoms with van der Waals surface area (Å²) in [5.74, 6) is -0.675. The van der Waals surface area contributed by atoms with Crippen molar-refractivity contribution in [3.63, 3.8) is 0 Å². The van der Waals surface area contributed by atoms with E-state index in [9.17, 15) is 23.0 Å². The number of nitrogens with zero attached hydrogens (tertiary/aromatic N) is 2. The Bertz CT molecular complexity index is 731. The lowest BCUT2D eigenvalue weighted by molar-refractivity contribution is -0.141. The van der Waals surface area contributed by atoms with E-state index >= 15 is 0 Å². The van der Waals surface area contributed by atoms with Crippen molar-refractivity contribution >= 4 is 13.0 Å². The molecule has 0 fully saturated rings. The van der Waals surface area contributed by atoms with Gasteiger partial charge in [-0.25, -0.2) is 4.68 Å². The van der Waals surface area contributed by atoms with Crippen molar-refractivity contribution in [1.29, 1.82) is 0 Å². The van der Waals surface area contributed by atoms with E-state index in [1.54, 1.807) is 31.1 Å². The Hall–Kier alpha value is -2.33. The van der Waals surface area contributed by atoms with Crippen LogP contribution in [-0.4, -0.2) is 34.8 Å². The quantitative estimate of drug-likeness (QED) is 0.720. The molecule has 0 radical (unpaired) electrons. The molecule has 0 saturated carbocycles. The molecule has 0 bridgehead atoms. The largest absolute Gasteiger partial charge is 0.437 e. The second-order valence-corrected chi connectivity index (χ2v) is 5.13. The van der Waals surface area contributed by atoms with Crippen LogP contribution in [0.3, 0.4) is 0 Å². The lowest BCUT2D eigenvalue weighted by Crippen LogP contribution is -2.29. The molecule has 1 aromatic carbocycles. The molecule has 0 unspecified atom stereocenters. The van der Waals surface area contributed by atoms with Crippen LogP contribution in [-0.2, 0) is 12.7 Å². The summed E-state index contributed by atoms with van der Waals surface area (Å²) in [4.78, 5) is 11.9. The molecule has 10 heteroatoms. The number of rotatable bonds is 5. The fourth-order valence-electron chi connectivity index (χ4n) is 2.07. The molecule has 6 nitrogen and oxygen atoms in total. The number of carbonyl (C=O) groups excluding carboxylic acids is 1. The van der Waals surface area contributed by atoms with Crippen LogP contribution < -0.4 is 10.5 Å². The minimum atomic E-state index is -4.65. The molecule has 0 aliphatic carbocycles. The summed E-state index contributed by atoms with van der Waals surface area (Å²) in [5, 5.41) is 17.8. The van der Waals surface area contributed by atoms with Crippen molar-refractivity contribution in [3.05, 3.63) is 47.3 Å². The summed E-state index contributed by atoms with van der Waals surface area (Å²) in [5.41, 5.74) is -0.326. The summed E-state index contributed by atoms with van der Waals surface area (Å²) in [7, 11) is 0.604. The Balaban J connectivity index is 2.45. The third-order valence-corrected chi connectivity index (χ3v) is 3.22. The molecule has 0 aliphatic heterocycles.